The van der Waals surface area contributed by atoms with Crippen LogP contribution in [0.25, 0.3) is 0 Å². The first kappa shape index (κ1) is 20.1. The number of fused-ring (bicyclic) bond motifs is 2. The van der Waals surface area contributed by atoms with Crippen LogP contribution in [-0.4, -0.2) is 85.6 Å². The Labute approximate surface area is 181 Å². The van der Waals surface area contributed by atoms with Gasteiger partial charge >= 0.3 is 0 Å². The number of carbonyl (C=O) groups is 1. The number of ether oxygens (including phenoxy) is 1. The minimum Gasteiger partial charge on any atom is -0.380 e. The molecule has 10 nitrogen and oxygen atoms in total. The van der Waals surface area contributed by atoms with Gasteiger partial charge < -0.3 is 19.9 Å². The molecule has 1 unspecified atom stereocenters. The summed E-state index contributed by atoms with van der Waals surface area (Å²) in [6, 6.07) is 1.54. The first-order chi connectivity index (χ1) is 14.9. The monoisotopic (exact) mass is 451 g/mol. The summed E-state index contributed by atoms with van der Waals surface area (Å²) in [6.07, 6.45) is 3.93. The molecular formula is C20H29N5O5S. The Morgan fingerprint density at radius 3 is 2.55 bits per heavy atom. The second-order valence-electron chi connectivity index (χ2n) is 9.90. The van der Waals surface area contributed by atoms with Crippen LogP contribution < -0.4 is 10.6 Å². The molecule has 1 spiro atoms. The summed E-state index contributed by atoms with van der Waals surface area (Å²) >= 11 is 0. The van der Waals surface area contributed by atoms with Gasteiger partial charge in [0.15, 0.2) is 5.69 Å². The van der Waals surface area contributed by atoms with Gasteiger partial charge in [-0.25, -0.2) is 0 Å². The van der Waals surface area contributed by atoms with Crippen molar-refractivity contribution < 1.29 is 22.5 Å². The van der Waals surface area contributed by atoms with Crippen LogP contribution in [0.5, 0.6) is 0 Å². The summed E-state index contributed by atoms with van der Waals surface area (Å²) in [5.74, 6) is 0.608. The molecule has 11 heteroatoms. The predicted octanol–water partition coefficient (Wildman–Crippen LogP) is 0.0537. The molecule has 1 amide bonds. The highest BCUT2D eigenvalue weighted by Crippen LogP contribution is 2.42. The van der Waals surface area contributed by atoms with Gasteiger partial charge in [0.1, 0.15) is 5.76 Å². The van der Waals surface area contributed by atoms with Crippen LogP contribution in [-0.2, 0) is 14.9 Å². The number of nitrogens with zero attached hydrogens (tertiary/aromatic N) is 3. The first-order valence-electron chi connectivity index (χ1n) is 11.3. The molecule has 0 radical (unpaired) electrons. The van der Waals surface area contributed by atoms with Crippen LogP contribution in [0.4, 0.5) is 0 Å². The smallest absolute Gasteiger partial charge is 0.282 e. The normalized spacial score (nSPS) is 33.4. The van der Waals surface area contributed by atoms with E-state index >= 15 is 0 Å². The Morgan fingerprint density at radius 1 is 1.23 bits per heavy atom. The van der Waals surface area contributed by atoms with Gasteiger partial charge in [0, 0.05) is 55.8 Å². The molecule has 2 bridgehead atoms. The Kier molecular flexibility index (Phi) is 4.70. The largest absolute Gasteiger partial charge is 0.380 e. The number of carbonyl (C=O) groups excluding carboxylic acids is 1. The van der Waals surface area contributed by atoms with Crippen molar-refractivity contribution in [3.8, 4) is 0 Å². The fourth-order valence-electron chi connectivity index (χ4n) is 5.87. The second kappa shape index (κ2) is 7.24. The van der Waals surface area contributed by atoms with Crippen LogP contribution in [0, 0.1) is 5.41 Å². The Hall–Kier alpha value is -1.53. The SMILES string of the molecule is O=C(NC1C[C@H]2CC[C@@H](C1)N2S(=O)(=O)N1CCC2(CNC2)C1)c1cc(C2COC2)on1. The minimum atomic E-state index is -3.46. The van der Waals surface area contributed by atoms with Gasteiger partial charge in [-0.1, -0.05) is 5.16 Å². The molecule has 0 aromatic carbocycles. The lowest BCUT2D eigenvalue weighted by molar-refractivity contribution is -0.00228. The van der Waals surface area contributed by atoms with E-state index in [0.717, 1.165) is 32.4 Å². The molecule has 3 atom stereocenters. The van der Waals surface area contributed by atoms with E-state index in [2.05, 4.69) is 15.8 Å². The summed E-state index contributed by atoms with van der Waals surface area (Å²) in [4.78, 5) is 12.7. The number of piperidine rings is 1. The molecule has 1 aromatic rings. The highest BCUT2D eigenvalue weighted by Gasteiger charge is 2.53. The molecule has 1 aromatic heterocycles. The van der Waals surface area contributed by atoms with Gasteiger partial charge in [0.05, 0.1) is 19.1 Å². The summed E-state index contributed by atoms with van der Waals surface area (Å²) < 4.78 is 40.8. The van der Waals surface area contributed by atoms with Gasteiger partial charge in [-0.2, -0.15) is 17.0 Å². The van der Waals surface area contributed by atoms with E-state index in [0.29, 0.717) is 44.9 Å². The standard InChI is InChI=1S/C20H29N5O5S/c26-19(17-7-18(30-23-17)13-8-29-9-13)22-14-5-15-1-2-16(6-14)25(15)31(27,28)24-4-3-20(12-24)10-21-11-20/h7,13-16,21H,1-6,8-12H2,(H,22,26)/t14?,15-,16+. The highest BCUT2D eigenvalue weighted by atomic mass is 32.2. The topological polar surface area (TPSA) is 117 Å². The maximum Gasteiger partial charge on any atom is 0.282 e. The first-order valence-corrected chi connectivity index (χ1v) is 12.7. The molecule has 5 saturated heterocycles. The Balaban J connectivity index is 1.10. The van der Waals surface area contributed by atoms with Gasteiger partial charge in [-0.05, 0) is 32.1 Å². The van der Waals surface area contributed by atoms with E-state index in [1.54, 1.807) is 14.7 Å². The molecule has 2 N–H and O–H groups in total. The van der Waals surface area contributed by atoms with Crippen LogP contribution in [0.1, 0.15) is 54.3 Å². The zero-order valence-corrected chi connectivity index (χ0v) is 18.3. The molecule has 6 rings (SSSR count). The Morgan fingerprint density at radius 2 is 1.97 bits per heavy atom. The van der Waals surface area contributed by atoms with Crippen molar-refractivity contribution in [1.29, 1.82) is 0 Å². The number of rotatable bonds is 5. The number of hydrogen-bond donors (Lipinski definition) is 2. The highest BCUT2D eigenvalue weighted by molar-refractivity contribution is 7.86. The van der Waals surface area contributed by atoms with E-state index < -0.39 is 10.2 Å². The third-order valence-electron chi connectivity index (χ3n) is 7.80. The third kappa shape index (κ3) is 3.32. The summed E-state index contributed by atoms with van der Waals surface area (Å²) in [6.45, 7) is 4.26. The van der Waals surface area contributed by atoms with Crippen LogP contribution in [0.2, 0.25) is 0 Å². The van der Waals surface area contributed by atoms with Crippen molar-refractivity contribution in [2.45, 2.75) is 56.1 Å². The molecule has 5 fully saturated rings. The van der Waals surface area contributed by atoms with Crippen molar-refractivity contribution in [1.82, 2.24) is 24.4 Å². The quantitative estimate of drug-likeness (QED) is 0.650. The van der Waals surface area contributed by atoms with Gasteiger partial charge in [0.25, 0.3) is 16.1 Å². The van der Waals surface area contributed by atoms with Crippen molar-refractivity contribution >= 4 is 16.1 Å². The Bertz CT molecular complexity index is 958. The number of hydrogen-bond acceptors (Lipinski definition) is 7. The molecule has 31 heavy (non-hydrogen) atoms. The average molecular weight is 452 g/mol. The zero-order chi connectivity index (χ0) is 21.2. The van der Waals surface area contributed by atoms with Crippen LogP contribution in [0.3, 0.4) is 0 Å². The molecule has 0 saturated carbocycles. The fraction of sp³-hybridized carbons (Fsp3) is 0.800. The lowest BCUT2D eigenvalue weighted by Crippen LogP contribution is -2.58. The van der Waals surface area contributed by atoms with Crippen LogP contribution in [0.15, 0.2) is 10.6 Å². The van der Waals surface area contributed by atoms with Crippen molar-refractivity contribution in [3.63, 3.8) is 0 Å². The number of amides is 1. The molecule has 5 aliphatic heterocycles. The van der Waals surface area contributed by atoms with E-state index in [4.69, 9.17) is 9.26 Å². The lowest BCUT2D eigenvalue weighted by atomic mass is 9.81. The van der Waals surface area contributed by atoms with Gasteiger partial charge in [0.2, 0.25) is 0 Å². The van der Waals surface area contributed by atoms with Crippen LogP contribution >= 0.6 is 0 Å². The molecular weight excluding hydrogens is 422 g/mol. The van der Waals surface area contributed by atoms with Crippen molar-refractivity contribution in [2.24, 2.45) is 5.41 Å². The fourth-order valence-corrected chi connectivity index (χ4v) is 8.03. The summed E-state index contributed by atoms with van der Waals surface area (Å²) in [7, 11) is -3.46. The summed E-state index contributed by atoms with van der Waals surface area (Å²) in [5.41, 5.74) is 0.418. The molecule has 5 aliphatic rings. The minimum absolute atomic E-state index is 0.0508. The van der Waals surface area contributed by atoms with Gasteiger partial charge in [-0.15, -0.1) is 0 Å². The maximum atomic E-state index is 13.4. The molecule has 6 heterocycles. The van der Waals surface area contributed by atoms with E-state index in [1.807, 2.05) is 0 Å². The second-order valence-corrected chi connectivity index (χ2v) is 11.7. The number of aromatic nitrogens is 1. The number of nitrogens with one attached hydrogen (secondary N) is 2. The van der Waals surface area contributed by atoms with Crippen molar-refractivity contribution in [2.75, 3.05) is 39.4 Å². The van der Waals surface area contributed by atoms with Gasteiger partial charge in [-0.3, -0.25) is 4.79 Å². The van der Waals surface area contributed by atoms with E-state index in [-0.39, 0.29) is 41.1 Å². The maximum absolute atomic E-state index is 13.4. The molecule has 0 aliphatic carbocycles. The lowest BCUT2D eigenvalue weighted by Gasteiger charge is -2.41. The average Bonchev–Trinajstić information content (AvgIpc) is 3.37. The van der Waals surface area contributed by atoms with E-state index in [9.17, 15) is 13.2 Å². The molecule has 170 valence electrons. The van der Waals surface area contributed by atoms with E-state index in [1.165, 1.54) is 0 Å². The third-order valence-corrected chi connectivity index (χ3v) is 9.89. The predicted molar refractivity (Wildman–Crippen MR) is 110 cm³/mol. The summed E-state index contributed by atoms with van der Waals surface area (Å²) in [5, 5.41) is 10.3. The van der Waals surface area contributed by atoms with Crippen molar-refractivity contribution in [3.05, 3.63) is 17.5 Å². The zero-order valence-electron chi connectivity index (χ0n) is 17.5.